The van der Waals surface area contributed by atoms with Gasteiger partial charge in [-0.1, -0.05) is 30.0 Å². The van der Waals surface area contributed by atoms with Crippen molar-refractivity contribution in [1.82, 2.24) is 24.1 Å². The fourth-order valence-corrected chi connectivity index (χ4v) is 4.23. The molecule has 0 atom stereocenters. The summed E-state index contributed by atoms with van der Waals surface area (Å²) in [5.74, 6) is 0.731. The van der Waals surface area contributed by atoms with Crippen LogP contribution in [0.4, 0.5) is 4.39 Å². The lowest BCUT2D eigenvalue weighted by molar-refractivity contribution is 0.622. The number of thioether (sulfide) groups is 1. The van der Waals surface area contributed by atoms with Crippen LogP contribution in [-0.4, -0.2) is 24.1 Å². The Morgan fingerprint density at radius 2 is 2.00 bits per heavy atom. The zero-order chi connectivity index (χ0) is 20.0. The lowest BCUT2D eigenvalue weighted by atomic mass is 10.2. The number of aryl methyl sites for hydroxylation is 1. The number of hydrogen-bond acceptors (Lipinski definition) is 5. The van der Waals surface area contributed by atoms with Gasteiger partial charge in [-0.05, 0) is 43.5 Å². The van der Waals surface area contributed by atoms with Crippen LogP contribution in [0.25, 0.3) is 17.0 Å². The molecule has 0 spiro atoms. The van der Waals surface area contributed by atoms with Crippen molar-refractivity contribution in [1.29, 1.82) is 0 Å². The predicted octanol–water partition coefficient (Wildman–Crippen LogP) is 4.03. The van der Waals surface area contributed by atoms with Crippen LogP contribution in [0.1, 0.15) is 30.1 Å². The molecule has 0 aliphatic heterocycles. The summed E-state index contributed by atoms with van der Waals surface area (Å²) in [6.45, 7) is 1.94. The normalized spacial score (nSPS) is 13.9. The summed E-state index contributed by atoms with van der Waals surface area (Å²) in [6.07, 6.45) is 3.84. The zero-order valence-corrected chi connectivity index (χ0v) is 16.6. The highest BCUT2D eigenvalue weighted by atomic mass is 32.2. The number of halogens is 1. The van der Waals surface area contributed by atoms with Crippen molar-refractivity contribution in [2.24, 2.45) is 0 Å². The fraction of sp³-hybridized carbons (Fsp3) is 0.238. The van der Waals surface area contributed by atoms with Gasteiger partial charge in [-0.25, -0.2) is 9.37 Å². The van der Waals surface area contributed by atoms with E-state index < -0.39 is 0 Å². The van der Waals surface area contributed by atoms with Gasteiger partial charge < -0.3 is 0 Å². The fourth-order valence-electron chi connectivity index (χ4n) is 3.33. The molecular weight excluding hydrogens is 389 g/mol. The van der Waals surface area contributed by atoms with E-state index >= 15 is 0 Å². The number of pyridine rings is 1. The Morgan fingerprint density at radius 3 is 2.79 bits per heavy atom. The summed E-state index contributed by atoms with van der Waals surface area (Å²) >= 11 is 1.47. The van der Waals surface area contributed by atoms with E-state index in [0.717, 1.165) is 23.6 Å². The van der Waals surface area contributed by atoms with Crippen LogP contribution < -0.4 is 5.56 Å². The van der Waals surface area contributed by atoms with Gasteiger partial charge in [0, 0.05) is 24.1 Å². The van der Waals surface area contributed by atoms with Crippen molar-refractivity contribution in [2.45, 2.75) is 36.7 Å². The van der Waals surface area contributed by atoms with E-state index in [1.807, 2.05) is 23.6 Å². The average molecular weight is 407 g/mol. The summed E-state index contributed by atoms with van der Waals surface area (Å²) < 4.78 is 17.8. The third kappa shape index (κ3) is 3.44. The second-order valence-electron chi connectivity index (χ2n) is 7.20. The molecule has 1 aliphatic rings. The molecule has 1 aromatic carbocycles. The maximum absolute atomic E-state index is 14.3. The average Bonchev–Trinajstić information content (AvgIpc) is 3.47. The van der Waals surface area contributed by atoms with Gasteiger partial charge in [0.1, 0.15) is 11.5 Å². The lowest BCUT2D eigenvalue weighted by Crippen LogP contribution is -2.15. The molecule has 0 saturated heterocycles. The van der Waals surface area contributed by atoms with Crippen LogP contribution in [-0.2, 0) is 5.75 Å². The minimum Gasteiger partial charge on any atom is -0.299 e. The zero-order valence-electron chi connectivity index (χ0n) is 15.7. The molecule has 29 heavy (non-hydrogen) atoms. The lowest BCUT2D eigenvalue weighted by Gasteiger charge is -2.09. The first-order chi connectivity index (χ1) is 14.1. The highest BCUT2D eigenvalue weighted by molar-refractivity contribution is 7.98. The van der Waals surface area contributed by atoms with Crippen LogP contribution in [0, 0.1) is 12.7 Å². The molecule has 0 unspecified atom stereocenters. The van der Waals surface area contributed by atoms with E-state index in [0.29, 0.717) is 34.5 Å². The van der Waals surface area contributed by atoms with E-state index in [4.69, 9.17) is 0 Å². The SMILES string of the molecule is Cc1ccc2nc(CSc3nnc(-c4ccccc4F)n3C3CC3)cc(=O)n2c1. The molecule has 4 aromatic rings. The molecule has 3 aromatic heterocycles. The molecule has 0 amide bonds. The first-order valence-electron chi connectivity index (χ1n) is 9.42. The van der Waals surface area contributed by atoms with Gasteiger partial charge >= 0.3 is 0 Å². The molecule has 0 N–H and O–H groups in total. The molecule has 0 radical (unpaired) electrons. The maximum Gasteiger partial charge on any atom is 0.258 e. The highest BCUT2D eigenvalue weighted by Crippen LogP contribution is 2.41. The number of benzene rings is 1. The number of nitrogens with zero attached hydrogens (tertiary/aromatic N) is 5. The Morgan fingerprint density at radius 1 is 1.17 bits per heavy atom. The minimum absolute atomic E-state index is 0.106. The molecule has 3 heterocycles. The van der Waals surface area contributed by atoms with Gasteiger partial charge in [-0.2, -0.15) is 0 Å². The molecule has 1 aliphatic carbocycles. The number of fused-ring (bicyclic) bond motifs is 1. The molecule has 5 rings (SSSR count). The Labute approximate surface area is 170 Å². The molecule has 8 heteroatoms. The van der Waals surface area contributed by atoms with Gasteiger partial charge in [0.2, 0.25) is 0 Å². The third-order valence-electron chi connectivity index (χ3n) is 4.90. The monoisotopic (exact) mass is 407 g/mol. The second-order valence-corrected chi connectivity index (χ2v) is 8.14. The van der Waals surface area contributed by atoms with Gasteiger partial charge in [0.25, 0.3) is 5.56 Å². The number of aromatic nitrogens is 5. The van der Waals surface area contributed by atoms with Crippen LogP contribution in [0.2, 0.25) is 0 Å². The standard InChI is InChI=1S/C21H18FN5OS/c1-13-6-9-18-23-14(10-19(28)26(18)11-13)12-29-21-25-24-20(27(21)15-7-8-15)16-4-2-3-5-17(16)22/h2-6,9-11,15H,7-8,12H2,1H3. The van der Waals surface area contributed by atoms with Crippen molar-refractivity contribution >= 4 is 17.4 Å². The molecule has 6 nitrogen and oxygen atoms in total. The van der Waals surface area contributed by atoms with Crippen LogP contribution in [0.15, 0.2) is 58.6 Å². The molecule has 1 saturated carbocycles. The van der Waals surface area contributed by atoms with Crippen molar-refractivity contribution in [3.05, 3.63) is 76.1 Å². The molecular formula is C21H18FN5OS. The Hall–Kier alpha value is -3.00. The molecule has 0 bridgehead atoms. The molecule has 146 valence electrons. The van der Waals surface area contributed by atoms with Crippen molar-refractivity contribution in [3.63, 3.8) is 0 Å². The second kappa shape index (κ2) is 7.11. The smallest absolute Gasteiger partial charge is 0.258 e. The van der Waals surface area contributed by atoms with E-state index in [1.165, 1.54) is 17.8 Å². The topological polar surface area (TPSA) is 65.1 Å². The van der Waals surface area contributed by atoms with E-state index in [-0.39, 0.29) is 11.4 Å². The van der Waals surface area contributed by atoms with Gasteiger partial charge in [0.15, 0.2) is 11.0 Å². The van der Waals surface area contributed by atoms with Crippen molar-refractivity contribution < 1.29 is 4.39 Å². The molecule has 1 fully saturated rings. The Bertz CT molecular complexity index is 1280. The summed E-state index contributed by atoms with van der Waals surface area (Å²) in [7, 11) is 0. The van der Waals surface area contributed by atoms with Crippen molar-refractivity contribution in [2.75, 3.05) is 0 Å². The minimum atomic E-state index is -0.308. The van der Waals surface area contributed by atoms with Gasteiger partial charge in [-0.15, -0.1) is 10.2 Å². The summed E-state index contributed by atoms with van der Waals surface area (Å²) in [5, 5.41) is 9.29. The van der Waals surface area contributed by atoms with Crippen LogP contribution >= 0.6 is 11.8 Å². The van der Waals surface area contributed by atoms with E-state index in [2.05, 4.69) is 15.2 Å². The Balaban J connectivity index is 1.46. The summed E-state index contributed by atoms with van der Waals surface area (Å²) in [4.78, 5) is 17.0. The van der Waals surface area contributed by atoms with E-state index in [1.54, 1.807) is 34.9 Å². The number of rotatable bonds is 5. The maximum atomic E-state index is 14.3. The summed E-state index contributed by atoms with van der Waals surface area (Å²) in [6, 6.07) is 12.2. The quantitative estimate of drug-likeness (QED) is 0.468. The van der Waals surface area contributed by atoms with Crippen LogP contribution in [0.3, 0.4) is 0 Å². The first kappa shape index (κ1) is 18.1. The Kier molecular flexibility index (Phi) is 4.43. The highest BCUT2D eigenvalue weighted by Gasteiger charge is 2.31. The van der Waals surface area contributed by atoms with E-state index in [9.17, 15) is 9.18 Å². The largest absolute Gasteiger partial charge is 0.299 e. The first-order valence-corrected chi connectivity index (χ1v) is 10.4. The van der Waals surface area contributed by atoms with Crippen LogP contribution in [0.5, 0.6) is 0 Å². The predicted molar refractivity (Wildman–Crippen MR) is 109 cm³/mol. The summed E-state index contributed by atoms with van der Waals surface area (Å²) in [5.41, 5.74) is 2.65. The number of hydrogen-bond donors (Lipinski definition) is 0. The van der Waals surface area contributed by atoms with Gasteiger partial charge in [0.05, 0.1) is 11.3 Å². The third-order valence-corrected chi connectivity index (χ3v) is 5.88. The van der Waals surface area contributed by atoms with Gasteiger partial charge in [-0.3, -0.25) is 13.8 Å². The van der Waals surface area contributed by atoms with Crippen molar-refractivity contribution in [3.8, 4) is 11.4 Å².